The van der Waals surface area contributed by atoms with Gasteiger partial charge >= 0.3 is 6.18 Å². The molecule has 0 fully saturated rings. The van der Waals surface area contributed by atoms with Crippen molar-refractivity contribution in [3.05, 3.63) is 34.9 Å². The van der Waals surface area contributed by atoms with Crippen LogP contribution in [0.15, 0.2) is 24.3 Å². The first kappa shape index (κ1) is 13.7. The number of hydrogen-bond donors (Lipinski definition) is 0. The lowest BCUT2D eigenvalue weighted by Crippen LogP contribution is -2.06. The van der Waals surface area contributed by atoms with Crippen molar-refractivity contribution in [2.24, 2.45) is 0 Å². The Morgan fingerprint density at radius 3 is 2.31 bits per heavy atom. The van der Waals surface area contributed by atoms with E-state index in [2.05, 4.69) is 0 Å². The van der Waals surface area contributed by atoms with Crippen molar-refractivity contribution in [2.45, 2.75) is 24.8 Å². The van der Waals surface area contributed by atoms with Gasteiger partial charge in [-0.3, -0.25) is 0 Å². The van der Waals surface area contributed by atoms with Crippen LogP contribution in [0.3, 0.4) is 0 Å². The molecule has 0 N–H and O–H groups in total. The molecule has 0 nitrogen and oxygen atoms in total. The molecule has 0 unspecified atom stereocenters. The molecule has 0 saturated heterocycles. The summed E-state index contributed by atoms with van der Waals surface area (Å²) < 4.78 is 35.5. The Hall–Kier alpha value is -0.350. The third kappa shape index (κ3) is 6.28. The van der Waals surface area contributed by atoms with Gasteiger partial charge in [-0.1, -0.05) is 23.7 Å². The summed E-state index contributed by atoms with van der Waals surface area (Å²) in [7, 11) is 0. The standard InChI is InChI=1S/C11H12ClF3S/c12-10-4-2-9(3-5-10)8-16-7-1-6-11(13,14)15/h2-5H,1,6-8H2. The predicted octanol–water partition coefficient (Wildman–Crippen LogP) is 4.92. The lowest BCUT2D eigenvalue weighted by molar-refractivity contribution is -0.134. The molecule has 1 aromatic carbocycles. The van der Waals surface area contributed by atoms with Crippen LogP contribution in [-0.4, -0.2) is 11.9 Å². The minimum Gasteiger partial charge on any atom is -0.171 e. The Morgan fingerprint density at radius 1 is 1.12 bits per heavy atom. The van der Waals surface area contributed by atoms with Gasteiger partial charge in [0.05, 0.1) is 0 Å². The molecule has 90 valence electrons. The van der Waals surface area contributed by atoms with E-state index in [1.165, 1.54) is 11.8 Å². The van der Waals surface area contributed by atoms with Crippen LogP contribution in [0.25, 0.3) is 0 Å². The lowest BCUT2D eigenvalue weighted by atomic mass is 10.2. The van der Waals surface area contributed by atoms with Gasteiger partial charge in [0.2, 0.25) is 0 Å². The highest BCUT2D eigenvalue weighted by atomic mass is 35.5. The predicted molar refractivity (Wildman–Crippen MR) is 62.9 cm³/mol. The van der Waals surface area contributed by atoms with Crippen LogP contribution >= 0.6 is 23.4 Å². The minimum atomic E-state index is -4.03. The van der Waals surface area contributed by atoms with E-state index in [1.54, 1.807) is 12.1 Å². The molecule has 5 heteroatoms. The topological polar surface area (TPSA) is 0 Å². The molecule has 0 radical (unpaired) electrons. The van der Waals surface area contributed by atoms with Gasteiger partial charge < -0.3 is 0 Å². The fourth-order valence-corrected chi connectivity index (χ4v) is 2.19. The van der Waals surface area contributed by atoms with Crippen LogP contribution in [0, 0.1) is 0 Å². The molecule has 16 heavy (non-hydrogen) atoms. The number of hydrogen-bond acceptors (Lipinski definition) is 1. The first-order valence-corrected chi connectivity index (χ1v) is 6.39. The van der Waals surface area contributed by atoms with Gasteiger partial charge in [0.25, 0.3) is 0 Å². The second kappa shape index (κ2) is 6.40. The average molecular weight is 269 g/mol. The number of rotatable bonds is 5. The van der Waals surface area contributed by atoms with Crippen LogP contribution in [0.5, 0.6) is 0 Å². The minimum absolute atomic E-state index is 0.182. The largest absolute Gasteiger partial charge is 0.389 e. The lowest BCUT2D eigenvalue weighted by Gasteiger charge is -2.05. The summed E-state index contributed by atoms with van der Waals surface area (Å²) in [6.45, 7) is 0. The highest BCUT2D eigenvalue weighted by Gasteiger charge is 2.25. The molecule has 0 spiro atoms. The molecule has 0 aliphatic rings. The van der Waals surface area contributed by atoms with Crippen molar-refractivity contribution >= 4 is 23.4 Å². The summed E-state index contributed by atoms with van der Waals surface area (Å²) in [6.07, 6.45) is -4.54. The van der Waals surface area contributed by atoms with Crippen molar-refractivity contribution in [1.82, 2.24) is 0 Å². The highest BCUT2D eigenvalue weighted by molar-refractivity contribution is 7.98. The molecule has 1 rings (SSSR count). The van der Waals surface area contributed by atoms with Crippen molar-refractivity contribution in [3.8, 4) is 0 Å². The highest BCUT2D eigenvalue weighted by Crippen LogP contribution is 2.23. The summed E-state index contributed by atoms with van der Waals surface area (Å²) in [4.78, 5) is 0. The molecule has 0 aliphatic heterocycles. The maximum atomic E-state index is 11.8. The smallest absolute Gasteiger partial charge is 0.171 e. The first-order valence-electron chi connectivity index (χ1n) is 4.86. The summed E-state index contributed by atoms with van der Waals surface area (Å²) in [5.41, 5.74) is 1.08. The average Bonchev–Trinajstić information content (AvgIpc) is 2.19. The van der Waals surface area contributed by atoms with Crippen LogP contribution < -0.4 is 0 Å². The third-order valence-corrected chi connectivity index (χ3v) is 3.30. The second-order valence-electron chi connectivity index (χ2n) is 3.40. The molecule has 1 aromatic rings. The van der Waals surface area contributed by atoms with E-state index in [1.807, 2.05) is 12.1 Å². The molecular formula is C11H12ClF3S. The SMILES string of the molecule is FC(F)(F)CCCSCc1ccc(Cl)cc1. The zero-order valence-corrected chi connectivity index (χ0v) is 10.1. The van der Waals surface area contributed by atoms with Crippen molar-refractivity contribution in [2.75, 3.05) is 5.75 Å². The normalized spacial score (nSPS) is 11.8. The van der Waals surface area contributed by atoms with Crippen molar-refractivity contribution in [1.29, 1.82) is 0 Å². The Bertz CT molecular complexity index is 308. The second-order valence-corrected chi connectivity index (χ2v) is 4.94. The fourth-order valence-electron chi connectivity index (χ4n) is 1.15. The van der Waals surface area contributed by atoms with Crippen LogP contribution in [0.1, 0.15) is 18.4 Å². The van der Waals surface area contributed by atoms with E-state index in [9.17, 15) is 13.2 Å². The molecule has 0 saturated carbocycles. The van der Waals surface area contributed by atoms with E-state index in [4.69, 9.17) is 11.6 Å². The molecule has 0 aromatic heterocycles. The number of alkyl halides is 3. The van der Waals surface area contributed by atoms with E-state index < -0.39 is 12.6 Å². The third-order valence-electron chi connectivity index (χ3n) is 1.93. The van der Waals surface area contributed by atoms with Gasteiger partial charge in [-0.25, -0.2) is 0 Å². The van der Waals surface area contributed by atoms with Gasteiger partial charge in [0, 0.05) is 17.2 Å². The van der Waals surface area contributed by atoms with Gasteiger partial charge in [-0.05, 0) is 29.9 Å². The summed E-state index contributed by atoms with van der Waals surface area (Å²) in [5.74, 6) is 1.26. The van der Waals surface area contributed by atoms with Crippen LogP contribution in [-0.2, 0) is 5.75 Å². The summed E-state index contributed by atoms with van der Waals surface area (Å²) >= 11 is 7.22. The number of benzene rings is 1. The Morgan fingerprint density at radius 2 is 1.75 bits per heavy atom. The van der Waals surface area contributed by atoms with Gasteiger partial charge in [-0.2, -0.15) is 24.9 Å². The van der Waals surface area contributed by atoms with E-state index in [0.717, 1.165) is 11.3 Å². The quantitative estimate of drug-likeness (QED) is 0.684. The zero-order valence-electron chi connectivity index (χ0n) is 8.56. The molecule has 0 bridgehead atoms. The van der Waals surface area contributed by atoms with E-state index in [-0.39, 0.29) is 6.42 Å². The Kier molecular flexibility index (Phi) is 5.49. The van der Waals surface area contributed by atoms with E-state index >= 15 is 0 Å². The Balaban J connectivity index is 2.14. The molecule has 0 heterocycles. The zero-order chi connectivity index (χ0) is 12.0. The van der Waals surface area contributed by atoms with Crippen molar-refractivity contribution in [3.63, 3.8) is 0 Å². The van der Waals surface area contributed by atoms with Crippen LogP contribution in [0.2, 0.25) is 5.02 Å². The summed E-state index contributed by atoms with van der Waals surface area (Å²) in [6, 6.07) is 7.35. The van der Waals surface area contributed by atoms with Crippen LogP contribution in [0.4, 0.5) is 13.2 Å². The molecule has 0 amide bonds. The van der Waals surface area contributed by atoms with Gasteiger partial charge in [0.1, 0.15) is 0 Å². The van der Waals surface area contributed by atoms with Gasteiger partial charge in [-0.15, -0.1) is 0 Å². The van der Waals surface area contributed by atoms with Gasteiger partial charge in [0.15, 0.2) is 0 Å². The number of thioether (sulfide) groups is 1. The van der Waals surface area contributed by atoms with E-state index in [0.29, 0.717) is 10.8 Å². The first-order chi connectivity index (χ1) is 7.47. The molecular weight excluding hydrogens is 257 g/mol. The maximum absolute atomic E-state index is 11.8. The monoisotopic (exact) mass is 268 g/mol. The molecule has 0 atom stereocenters. The summed E-state index contributed by atoms with van der Waals surface area (Å²) in [5, 5.41) is 0.672. The Labute approximate surface area is 102 Å². The maximum Gasteiger partial charge on any atom is 0.389 e. The molecule has 0 aliphatic carbocycles. The number of halogens is 4. The fraction of sp³-hybridized carbons (Fsp3) is 0.455. The van der Waals surface area contributed by atoms with Crippen molar-refractivity contribution < 1.29 is 13.2 Å².